The molecule has 2 aromatic rings. The van der Waals surface area contributed by atoms with Gasteiger partial charge in [0.05, 0.1) is 0 Å². The third-order valence-electron chi connectivity index (χ3n) is 3.65. The molecule has 0 fully saturated rings. The average molecular weight is 253 g/mol. The van der Waals surface area contributed by atoms with Crippen LogP contribution in [0.1, 0.15) is 17.5 Å². The smallest absolute Gasteiger partial charge is 0.0416 e. The maximum atomic E-state index is 4.13. The lowest BCUT2D eigenvalue weighted by Gasteiger charge is -2.27. The number of aryl methyl sites for hydroxylation is 1. The van der Waals surface area contributed by atoms with Crippen LogP contribution in [0.5, 0.6) is 0 Å². The SMILES string of the molecule is CN1CCCc2cc(NCc3cccnc3)ccc21. The number of rotatable bonds is 3. The van der Waals surface area contributed by atoms with Crippen LogP contribution >= 0.6 is 0 Å². The second-order valence-corrected chi connectivity index (χ2v) is 5.08. The van der Waals surface area contributed by atoms with Gasteiger partial charge in [0.1, 0.15) is 0 Å². The molecule has 0 radical (unpaired) electrons. The third-order valence-corrected chi connectivity index (χ3v) is 3.65. The highest BCUT2D eigenvalue weighted by atomic mass is 15.1. The maximum Gasteiger partial charge on any atom is 0.0416 e. The Balaban J connectivity index is 1.72. The van der Waals surface area contributed by atoms with Crippen molar-refractivity contribution in [3.05, 3.63) is 53.9 Å². The molecule has 2 heterocycles. The van der Waals surface area contributed by atoms with E-state index in [4.69, 9.17) is 0 Å². The zero-order valence-corrected chi connectivity index (χ0v) is 11.3. The fourth-order valence-corrected chi connectivity index (χ4v) is 2.60. The average Bonchev–Trinajstić information content (AvgIpc) is 2.46. The molecule has 1 N–H and O–H groups in total. The maximum absolute atomic E-state index is 4.13. The fraction of sp³-hybridized carbons (Fsp3) is 0.312. The molecule has 0 saturated heterocycles. The highest BCUT2D eigenvalue weighted by Gasteiger charge is 2.13. The summed E-state index contributed by atoms with van der Waals surface area (Å²) in [4.78, 5) is 6.47. The number of pyridine rings is 1. The molecule has 0 unspecified atom stereocenters. The Kier molecular flexibility index (Phi) is 3.36. The molecule has 0 amide bonds. The van der Waals surface area contributed by atoms with Crippen molar-refractivity contribution in [2.45, 2.75) is 19.4 Å². The number of nitrogens with one attached hydrogen (secondary N) is 1. The quantitative estimate of drug-likeness (QED) is 0.911. The molecule has 1 aliphatic rings. The van der Waals surface area contributed by atoms with E-state index in [1.165, 1.54) is 35.3 Å². The molecule has 1 aromatic carbocycles. The first-order chi connectivity index (χ1) is 9.33. The van der Waals surface area contributed by atoms with Gasteiger partial charge in [-0.2, -0.15) is 0 Å². The molecule has 0 spiro atoms. The van der Waals surface area contributed by atoms with E-state index < -0.39 is 0 Å². The molecular weight excluding hydrogens is 234 g/mol. The van der Waals surface area contributed by atoms with Crippen molar-refractivity contribution in [1.82, 2.24) is 4.98 Å². The number of benzene rings is 1. The van der Waals surface area contributed by atoms with Gasteiger partial charge >= 0.3 is 0 Å². The van der Waals surface area contributed by atoms with E-state index >= 15 is 0 Å². The molecule has 19 heavy (non-hydrogen) atoms. The second kappa shape index (κ2) is 5.31. The van der Waals surface area contributed by atoms with E-state index in [-0.39, 0.29) is 0 Å². The monoisotopic (exact) mass is 253 g/mol. The van der Waals surface area contributed by atoms with Crippen LogP contribution < -0.4 is 10.2 Å². The summed E-state index contributed by atoms with van der Waals surface area (Å²) in [6, 6.07) is 10.7. The van der Waals surface area contributed by atoms with E-state index in [9.17, 15) is 0 Å². The number of aromatic nitrogens is 1. The largest absolute Gasteiger partial charge is 0.381 e. The first kappa shape index (κ1) is 12.0. The molecule has 0 aliphatic carbocycles. The topological polar surface area (TPSA) is 28.2 Å². The first-order valence-corrected chi connectivity index (χ1v) is 6.80. The molecule has 0 saturated carbocycles. The molecule has 0 bridgehead atoms. The summed E-state index contributed by atoms with van der Waals surface area (Å²) in [5, 5.41) is 3.47. The lowest BCUT2D eigenvalue weighted by molar-refractivity contribution is 0.744. The number of hydrogen-bond donors (Lipinski definition) is 1. The van der Waals surface area contributed by atoms with Gasteiger partial charge in [-0.1, -0.05) is 6.07 Å². The Hall–Kier alpha value is -2.03. The normalized spacial score (nSPS) is 14.1. The van der Waals surface area contributed by atoms with Gasteiger partial charge in [-0.15, -0.1) is 0 Å². The van der Waals surface area contributed by atoms with Gasteiger partial charge in [-0.3, -0.25) is 4.98 Å². The Labute approximate surface area is 114 Å². The van der Waals surface area contributed by atoms with Crippen LogP contribution in [0.25, 0.3) is 0 Å². The third kappa shape index (κ3) is 2.70. The van der Waals surface area contributed by atoms with Gasteiger partial charge < -0.3 is 10.2 Å². The van der Waals surface area contributed by atoms with Crippen LogP contribution in [-0.4, -0.2) is 18.6 Å². The zero-order chi connectivity index (χ0) is 13.1. The molecule has 3 heteroatoms. The summed E-state index contributed by atoms with van der Waals surface area (Å²) in [5.41, 5.74) is 5.22. The molecule has 1 aliphatic heterocycles. The van der Waals surface area contributed by atoms with E-state index in [0.29, 0.717) is 0 Å². The van der Waals surface area contributed by atoms with E-state index in [1.54, 1.807) is 6.20 Å². The minimum Gasteiger partial charge on any atom is -0.381 e. The van der Waals surface area contributed by atoms with Crippen molar-refractivity contribution in [3.63, 3.8) is 0 Å². The molecule has 3 nitrogen and oxygen atoms in total. The van der Waals surface area contributed by atoms with Gasteiger partial charge in [0.2, 0.25) is 0 Å². The fourth-order valence-electron chi connectivity index (χ4n) is 2.60. The zero-order valence-electron chi connectivity index (χ0n) is 11.3. The van der Waals surface area contributed by atoms with Crippen LogP contribution in [0.3, 0.4) is 0 Å². The molecule has 1 aromatic heterocycles. The van der Waals surface area contributed by atoms with E-state index in [2.05, 4.69) is 46.5 Å². The summed E-state index contributed by atoms with van der Waals surface area (Å²) >= 11 is 0. The van der Waals surface area contributed by atoms with Gasteiger partial charge in [-0.25, -0.2) is 0 Å². The standard InChI is InChI=1S/C16H19N3/c1-19-9-3-5-14-10-15(6-7-16(14)19)18-12-13-4-2-8-17-11-13/h2,4,6-8,10-11,18H,3,5,9,12H2,1H3. The number of nitrogens with zero attached hydrogens (tertiary/aromatic N) is 2. The van der Waals surface area contributed by atoms with Crippen LogP contribution in [-0.2, 0) is 13.0 Å². The lowest BCUT2D eigenvalue weighted by Crippen LogP contribution is -2.24. The van der Waals surface area contributed by atoms with E-state index in [0.717, 1.165) is 13.1 Å². The van der Waals surface area contributed by atoms with Crippen molar-refractivity contribution in [1.29, 1.82) is 0 Å². The molecular formula is C16H19N3. The van der Waals surface area contributed by atoms with Crippen molar-refractivity contribution < 1.29 is 0 Å². The van der Waals surface area contributed by atoms with Crippen LogP contribution in [0.15, 0.2) is 42.7 Å². The first-order valence-electron chi connectivity index (χ1n) is 6.80. The number of hydrogen-bond acceptors (Lipinski definition) is 3. The van der Waals surface area contributed by atoms with Crippen LogP contribution in [0, 0.1) is 0 Å². The minimum absolute atomic E-state index is 0.822. The minimum atomic E-state index is 0.822. The van der Waals surface area contributed by atoms with Crippen LogP contribution in [0.4, 0.5) is 11.4 Å². The summed E-state index contributed by atoms with van der Waals surface area (Å²) < 4.78 is 0. The summed E-state index contributed by atoms with van der Waals surface area (Å²) in [6.45, 7) is 1.98. The second-order valence-electron chi connectivity index (χ2n) is 5.08. The Morgan fingerprint density at radius 1 is 1.32 bits per heavy atom. The molecule has 98 valence electrons. The van der Waals surface area contributed by atoms with Gasteiger partial charge in [0.25, 0.3) is 0 Å². The van der Waals surface area contributed by atoms with Gasteiger partial charge in [0.15, 0.2) is 0 Å². The van der Waals surface area contributed by atoms with E-state index in [1.807, 2.05) is 12.3 Å². The van der Waals surface area contributed by atoms with Gasteiger partial charge in [-0.05, 0) is 48.2 Å². The predicted molar refractivity (Wildman–Crippen MR) is 79.6 cm³/mol. The predicted octanol–water partition coefficient (Wildman–Crippen LogP) is 3.08. The van der Waals surface area contributed by atoms with Crippen molar-refractivity contribution in [3.8, 4) is 0 Å². The highest BCUT2D eigenvalue weighted by Crippen LogP contribution is 2.28. The van der Waals surface area contributed by atoms with Gasteiger partial charge in [0, 0.05) is 43.9 Å². The summed E-state index contributed by atoms with van der Waals surface area (Å²) in [6.07, 6.45) is 6.13. The molecule has 0 atom stereocenters. The summed E-state index contributed by atoms with van der Waals surface area (Å²) in [7, 11) is 2.17. The summed E-state index contributed by atoms with van der Waals surface area (Å²) in [5.74, 6) is 0. The lowest BCUT2D eigenvalue weighted by atomic mass is 10.0. The Morgan fingerprint density at radius 2 is 2.26 bits per heavy atom. The van der Waals surface area contributed by atoms with Crippen molar-refractivity contribution >= 4 is 11.4 Å². The Morgan fingerprint density at radius 3 is 3.11 bits per heavy atom. The Bertz CT molecular complexity index is 551. The van der Waals surface area contributed by atoms with Crippen LogP contribution in [0.2, 0.25) is 0 Å². The number of fused-ring (bicyclic) bond motifs is 1. The number of anilines is 2. The van der Waals surface area contributed by atoms with Crippen molar-refractivity contribution in [2.24, 2.45) is 0 Å². The van der Waals surface area contributed by atoms with Crippen molar-refractivity contribution in [2.75, 3.05) is 23.8 Å². The highest BCUT2D eigenvalue weighted by molar-refractivity contribution is 5.62. The molecule has 3 rings (SSSR count).